The lowest BCUT2D eigenvalue weighted by molar-refractivity contribution is 0.198. The second kappa shape index (κ2) is 11.1. The minimum absolute atomic E-state index is 0. The molecule has 0 aliphatic carbocycles. The first-order valence-electron chi connectivity index (χ1n) is 10.4. The summed E-state index contributed by atoms with van der Waals surface area (Å²) < 4.78 is 5.35. The Hall–Kier alpha value is -1.68. The number of hydrogen-bond donors (Lipinski definition) is 2. The number of aromatic nitrogens is 2. The highest BCUT2D eigenvalue weighted by Crippen LogP contribution is 2.19. The van der Waals surface area contributed by atoms with Crippen LogP contribution in [0.1, 0.15) is 56.5 Å². The molecule has 0 spiro atoms. The molecule has 1 aliphatic rings. The number of rotatable bonds is 5. The minimum Gasteiger partial charge on any atom is -0.354 e. The third-order valence-corrected chi connectivity index (χ3v) is 5.33. The maximum atomic E-state index is 5.35. The molecule has 0 unspecified atom stereocenters. The van der Waals surface area contributed by atoms with Crippen LogP contribution in [0.2, 0.25) is 0 Å². The van der Waals surface area contributed by atoms with Crippen molar-refractivity contribution < 1.29 is 4.52 Å². The van der Waals surface area contributed by atoms with Crippen molar-refractivity contribution in [3.05, 3.63) is 47.1 Å². The highest BCUT2D eigenvalue weighted by Gasteiger charge is 2.23. The van der Waals surface area contributed by atoms with Gasteiger partial charge in [-0.2, -0.15) is 4.98 Å². The standard InChI is InChI=1S/C22H34N6O.HI/c1-16-8-6-7-9-17(16)15-28-12-10-18(11-13-28)25-21(23-5)24-14-19-26-20(29-27-19)22(2,3)4;/h6-9,18H,10-15H2,1-5H3,(H2,23,24,25);1H. The van der Waals surface area contributed by atoms with Gasteiger partial charge in [-0.3, -0.25) is 9.89 Å². The van der Waals surface area contributed by atoms with Crippen LogP contribution in [-0.4, -0.2) is 47.2 Å². The maximum absolute atomic E-state index is 5.35. The number of aryl methyl sites for hydroxylation is 1. The summed E-state index contributed by atoms with van der Waals surface area (Å²) in [6.45, 7) is 12.1. The van der Waals surface area contributed by atoms with E-state index in [1.165, 1.54) is 11.1 Å². The third kappa shape index (κ3) is 6.94. The fourth-order valence-electron chi connectivity index (χ4n) is 3.44. The molecule has 2 N–H and O–H groups in total. The molecule has 8 heteroatoms. The fraction of sp³-hybridized carbons (Fsp3) is 0.591. The van der Waals surface area contributed by atoms with Gasteiger partial charge in [0.05, 0.1) is 6.54 Å². The smallest absolute Gasteiger partial charge is 0.232 e. The molecule has 30 heavy (non-hydrogen) atoms. The predicted octanol–water partition coefficient (Wildman–Crippen LogP) is 3.62. The SMILES string of the molecule is CN=C(NCc1noc(C(C)(C)C)n1)NC1CCN(Cc2ccccc2C)CC1.I. The zero-order chi connectivity index (χ0) is 20.9. The van der Waals surface area contributed by atoms with E-state index in [0.29, 0.717) is 24.3 Å². The molecule has 0 saturated carbocycles. The Kier molecular flexibility index (Phi) is 9.09. The molecule has 1 fully saturated rings. The van der Waals surface area contributed by atoms with E-state index in [2.05, 4.69) is 82.6 Å². The first-order valence-corrected chi connectivity index (χ1v) is 10.4. The molecule has 1 aliphatic heterocycles. The first-order chi connectivity index (χ1) is 13.8. The fourth-order valence-corrected chi connectivity index (χ4v) is 3.44. The van der Waals surface area contributed by atoms with Crippen molar-refractivity contribution in [1.29, 1.82) is 0 Å². The Balaban J connectivity index is 0.00000320. The van der Waals surface area contributed by atoms with Crippen LogP contribution < -0.4 is 10.6 Å². The van der Waals surface area contributed by atoms with Crippen molar-refractivity contribution in [3.8, 4) is 0 Å². The number of benzene rings is 1. The summed E-state index contributed by atoms with van der Waals surface area (Å²) in [4.78, 5) is 11.3. The molecular weight excluding hydrogens is 491 g/mol. The topological polar surface area (TPSA) is 78.6 Å². The second-order valence-corrected chi connectivity index (χ2v) is 8.81. The monoisotopic (exact) mass is 526 g/mol. The van der Waals surface area contributed by atoms with Crippen molar-refractivity contribution in [1.82, 2.24) is 25.7 Å². The van der Waals surface area contributed by atoms with Gasteiger partial charge in [-0.25, -0.2) is 0 Å². The summed E-state index contributed by atoms with van der Waals surface area (Å²) in [6, 6.07) is 9.07. The van der Waals surface area contributed by atoms with Crippen LogP contribution >= 0.6 is 24.0 Å². The number of guanidine groups is 1. The van der Waals surface area contributed by atoms with E-state index in [9.17, 15) is 0 Å². The first kappa shape index (κ1) is 24.6. The van der Waals surface area contributed by atoms with Crippen LogP contribution in [0.4, 0.5) is 0 Å². The molecule has 0 radical (unpaired) electrons. The van der Waals surface area contributed by atoms with Gasteiger partial charge in [0, 0.05) is 38.1 Å². The van der Waals surface area contributed by atoms with E-state index < -0.39 is 0 Å². The van der Waals surface area contributed by atoms with Crippen LogP contribution in [0.3, 0.4) is 0 Å². The van der Waals surface area contributed by atoms with Gasteiger partial charge < -0.3 is 15.2 Å². The molecule has 0 atom stereocenters. The Morgan fingerprint density at radius 1 is 1.23 bits per heavy atom. The zero-order valence-corrected chi connectivity index (χ0v) is 21.1. The molecule has 7 nitrogen and oxygen atoms in total. The van der Waals surface area contributed by atoms with E-state index in [-0.39, 0.29) is 29.4 Å². The van der Waals surface area contributed by atoms with Crippen molar-refractivity contribution in [2.24, 2.45) is 4.99 Å². The van der Waals surface area contributed by atoms with Crippen LogP contribution in [0.25, 0.3) is 0 Å². The summed E-state index contributed by atoms with van der Waals surface area (Å²) in [6.07, 6.45) is 2.20. The molecule has 1 aromatic heterocycles. The van der Waals surface area contributed by atoms with Gasteiger partial charge >= 0.3 is 0 Å². The third-order valence-electron chi connectivity index (χ3n) is 5.33. The van der Waals surface area contributed by atoms with Crippen molar-refractivity contribution in [2.45, 2.75) is 65.1 Å². The molecular formula is C22H35IN6O. The Labute approximate surface area is 197 Å². The van der Waals surface area contributed by atoms with E-state index in [0.717, 1.165) is 38.4 Å². The quantitative estimate of drug-likeness (QED) is 0.352. The molecule has 3 rings (SSSR count). The maximum Gasteiger partial charge on any atom is 0.232 e. The number of piperidine rings is 1. The van der Waals surface area contributed by atoms with Gasteiger partial charge in [-0.15, -0.1) is 24.0 Å². The lowest BCUT2D eigenvalue weighted by Crippen LogP contribution is -2.48. The lowest BCUT2D eigenvalue weighted by Gasteiger charge is -2.33. The summed E-state index contributed by atoms with van der Waals surface area (Å²) >= 11 is 0. The molecule has 166 valence electrons. The van der Waals surface area contributed by atoms with Gasteiger partial charge in [0.1, 0.15) is 0 Å². The number of aliphatic imine (C=N–C) groups is 1. The Morgan fingerprint density at radius 2 is 1.93 bits per heavy atom. The Bertz CT molecular complexity index is 821. The van der Waals surface area contributed by atoms with Crippen molar-refractivity contribution >= 4 is 29.9 Å². The highest BCUT2D eigenvalue weighted by atomic mass is 127. The van der Waals surface area contributed by atoms with E-state index in [1.54, 1.807) is 7.05 Å². The molecule has 0 amide bonds. The van der Waals surface area contributed by atoms with Crippen LogP contribution in [0, 0.1) is 6.92 Å². The van der Waals surface area contributed by atoms with Crippen LogP contribution in [-0.2, 0) is 18.5 Å². The largest absolute Gasteiger partial charge is 0.354 e. The van der Waals surface area contributed by atoms with Gasteiger partial charge in [0.25, 0.3) is 0 Å². The average Bonchev–Trinajstić information content (AvgIpc) is 3.18. The van der Waals surface area contributed by atoms with E-state index >= 15 is 0 Å². The summed E-state index contributed by atoms with van der Waals surface area (Å²) in [5.74, 6) is 2.08. The second-order valence-electron chi connectivity index (χ2n) is 8.81. The van der Waals surface area contributed by atoms with Crippen molar-refractivity contribution in [3.63, 3.8) is 0 Å². The van der Waals surface area contributed by atoms with Crippen LogP contribution in [0.5, 0.6) is 0 Å². The van der Waals surface area contributed by atoms with Gasteiger partial charge in [-0.05, 0) is 30.9 Å². The summed E-state index contributed by atoms with van der Waals surface area (Å²) in [7, 11) is 1.79. The van der Waals surface area contributed by atoms with E-state index in [1.807, 2.05) is 0 Å². The van der Waals surface area contributed by atoms with E-state index in [4.69, 9.17) is 4.52 Å². The Morgan fingerprint density at radius 3 is 2.53 bits per heavy atom. The number of halogens is 1. The minimum atomic E-state index is -0.141. The molecule has 2 aromatic rings. The van der Waals surface area contributed by atoms with Crippen LogP contribution in [0.15, 0.2) is 33.8 Å². The molecule has 0 bridgehead atoms. The van der Waals surface area contributed by atoms with Gasteiger partial charge in [0.2, 0.25) is 5.89 Å². The highest BCUT2D eigenvalue weighted by molar-refractivity contribution is 14.0. The number of hydrogen-bond acceptors (Lipinski definition) is 5. The molecule has 2 heterocycles. The normalized spacial score (nSPS) is 16.2. The zero-order valence-electron chi connectivity index (χ0n) is 18.7. The lowest BCUT2D eigenvalue weighted by atomic mass is 9.97. The summed E-state index contributed by atoms with van der Waals surface area (Å²) in [5.41, 5.74) is 2.65. The molecule has 1 aromatic carbocycles. The van der Waals surface area contributed by atoms with Gasteiger partial charge in [-0.1, -0.05) is 50.2 Å². The average molecular weight is 526 g/mol. The predicted molar refractivity (Wildman–Crippen MR) is 131 cm³/mol. The molecule has 1 saturated heterocycles. The van der Waals surface area contributed by atoms with Gasteiger partial charge in [0.15, 0.2) is 11.8 Å². The number of nitrogens with zero attached hydrogens (tertiary/aromatic N) is 4. The number of nitrogens with one attached hydrogen (secondary N) is 2. The van der Waals surface area contributed by atoms with Crippen molar-refractivity contribution in [2.75, 3.05) is 20.1 Å². The number of likely N-dealkylation sites (tertiary alicyclic amines) is 1. The summed E-state index contributed by atoms with van der Waals surface area (Å²) in [5, 5.41) is 10.9.